The smallest absolute Gasteiger partial charge is 0.234 e. The monoisotopic (exact) mass is 371 g/mol. The first-order valence-corrected chi connectivity index (χ1v) is 8.68. The summed E-state index contributed by atoms with van der Waals surface area (Å²) in [6.07, 6.45) is 0. The van der Waals surface area contributed by atoms with Gasteiger partial charge in [0.25, 0.3) is 0 Å². The Morgan fingerprint density at radius 1 is 1.12 bits per heavy atom. The zero-order valence-corrected chi connectivity index (χ0v) is 15.1. The van der Waals surface area contributed by atoms with E-state index in [-0.39, 0.29) is 11.7 Å². The van der Waals surface area contributed by atoms with Crippen molar-refractivity contribution in [1.29, 1.82) is 0 Å². The van der Waals surface area contributed by atoms with Crippen molar-refractivity contribution in [2.24, 2.45) is 0 Å². The molecule has 134 valence electrons. The molecule has 0 saturated heterocycles. The number of thioether (sulfide) groups is 1. The summed E-state index contributed by atoms with van der Waals surface area (Å²) in [5.74, 6) is 1.14. The number of carbonyl (C=O) groups is 1. The number of para-hydroxylation sites is 1. The Morgan fingerprint density at radius 3 is 2.62 bits per heavy atom. The van der Waals surface area contributed by atoms with Crippen molar-refractivity contribution in [2.45, 2.75) is 5.16 Å². The summed E-state index contributed by atoms with van der Waals surface area (Å²) in [5, 5.41) is 15.0. The molecular weight excluding hydrogens is 354 g/mol. The first kappa shape index (κ1) is 17.7. The van der Waals surface area contributed by atoms with E-state index in [0.717, 1.165) is 5.69 Å². The van der Waals surface area contributed by atoms with E-state index in [1.54, 1.807) is 37.1 Å². The van der Waals surface area contributed by atoms with Crippen LogP contribution in [0.2, 0.25) is 0 Å². The van der Waals surface area contributed by atoms with Crippen LogP contribution in [-0.4, -0.2) is 46.1 Å². The lowest BCUT2D eigenvalue weighted by Crippen LogP contribution is -2.14. The predicted octanol–water partition coefficient (Wildman–Crippen LogP) is 2.41. The van der Waals surface area contributed by atoms with Gasteiger partial charge in [-0.05, 0) is 34.7 Å². The second-order valence-corrected chi connectivity index (χ2v) is 6.06. The number of hydrogen-bond acceptors (Lipinski definition) is 7. The molecule has 1 amide bonds. The largest absolute Gasteiger partial charge is 0.493 e. The first-order chi connectivity index (χ1) is 12.7. The number of benzene rings is 2. The summed E-state index contributed by atoms with van der Waals surface area (Å²) >= 11 is 1.25. The van der Waals surface area contributed by atoms with Gasteiger partial charge in [-0.3, -0.25) is 4.79 Å². The number of carbonyl (C=O) groups excluding carboxylic acids is 1. The minimum absolute atomic E-state index is 0.168. The third-order valence-electron chi connectivity index (χ3n) is 3.44. The highest BCUT2D eigenvalue weighted by Crippen LogP contribution is 2.29. The van der Waals surface area contributed by atoms with Crippen LogP contribution < -0.4 is 14.8 Å². The topological polar surface area (TPSA) is 91.2 Å². The number of hydrogen-bond donors (Lipinski definition) is 1. The number of rotatable bonds is 7. The van der Waals surface area contributed by atoms with Gasteiger partial charge in [0.05, 0.1) is 25.7 Å². The molecule has 0 aliphatic heterocycles. The molecule has 1 heterocycles. The normalized spacial score (nSPS) is 10.4. The molecule has 0 saturated carbocycles. The van der Waals surface area contributed by atoms with E-state index in [1.165, 1.54) is 11.8 Å². The van der Waals surface area contributed by atoms with E-state index in [4.69, 9.17) is 9.47 Å². The van der Waals surface area contributed by atoms with Crippen molar-refractivity contribution in [2.75, 3.05) is 25.3 Å². The molecular formula is C17H17N5O3S. The van der Waals surface area contributed by atoms with Crippen molar-refractivity contribution in [3.63, 3.8) is 0 Å². The molecule has 1 N–H and O–H groups in total. The zero-order valence-electron chi connectivity index (χ0n) is 14.2. The molecule has 0 spiro atoms. The van der Waals surface area contributed by atoms with Gasteiger partial charge >= 0.3 is 0 Å². The second-order valence-electron chi connectivity index (χ2n) is 5.12. The van der Waals surface area contributed by atoms with Crippen LogP contribution in [0.4, 0.5) is 5.69 Å². The number of anilines is 1. The molecule has 0 radical (unpaired) electrons. The van der Waals surface area contributed by atoms with Crippen LogP contribution in [0.3, 0.4) is 0 Å². The average molecular weight is 371 g/mol. The van der Waals surface area contributed by atoms with Crippen molar-refractivity contribution in [3.8, 4) is 17.2 Å². The lowest BCUT2D eigenvalue weighted by Gasteiger charge is -2.10. The average Bonchev–Trinajstić information content (AvgIpc) is 3.15. The van der Waals surface area contributed by atoms with E-state index in [2.05, 4.69) is 20.8 Å². The Labute approximate surface area is 154 Å². The summed E-state index contributed by atoms with van der Waals surface area (Å²) in [4.78, 5) is 12.2. The summed E-state index contributed by atoms with van der Waals surface area (Å²) in [7, 11) is 3.10. The van der Waals surface area contributed by atoms with Crippen LogP contribution in [0.25, 0.3) is 5.69 Å². The van der Waals surface area contributed by atoms with Gasteiger partial charge in [0.2, 0.25) is 11.1 Å². The minimum atomic E-state index is -0.176. The predicted molar refractivity (Wildman–Crippen MR) is 98.1 cm³/mol. The van der Waals surface area contributed by atoms with E-state index in [0.29, 0.717) is 22.3 Å². The Hall–Kier alpha value is -3.07. The molecule has 26 heavy (non-hydrogen) atoms. The van der Waals surface area contributed by atoms with E-state index in [9.17, 15) is 4.79 Å². The van der Waals surface area contributed by atoms with E-state index >= 15 is 0 Å². The number of tetrazole rings is 1. The summed E-state index contributed by atoms with van der Waals surface area (Å²) in [5.41, 5.74) is 1.45. The standard InChI is InChI=1S/C17H17N5O3S/c1-24-14-9-8-12(10-15(14)25-2)18-16(23)11-26-17-19-20-21-22(17)13-6-4-3-5-7-13/h3-10H,11H2,1-2H3,(H,18,23). The lowest BCUT2D eigenvalue weighted by atomic mass is 10.2. The van der Waals surface area contributed by atoms with Gasteiger partial charge in [-0.2, -0.15) is 4.68 Å². The maximum absolute atomic E-state index is 12.2. The zero-order chi connectivity index (χ0) is 18.4. The molecule has 0 unspecified atom stereocenters. The quantitative estimate of drug-likeness (QED) is 0.638. The molecule has 0 fully saturated rings. The van der Waals surface area contributed by atoms with Crippen LogP contribution in [0.1, 0.15) is 0 Å². The molecule has 0 bridgehead atoms. The SMILES string of the molecule is COc1ccc(NC(=O)CSc2nnnn2-c2ccccc2)cc1OC. The van der Waals surface area contributed by atoms with Crippen molar-refractivity contribution in [3.05, 3.63) is 48.5 Å². The fourth-order valence-corrected chi connectivity index (χ4v) is 2.93. The molecule has 0 aliphatic carbocycles. The minimum Gasteiger partial charge on any atom is -0.493 e. The third kappa shape index (κ3) is 4.12. The van der Waals surface area contributed by atoms with Crippen LogP contribution >= 0.6 is 11.8 Å². The number of aromatic nitrogens is 4. The number of nitrogens with one attached hydrogen (secondary N) is 1. The highest BCUT2D eigenvalue weighted by molar-refractivity contribution is 7.99. The molecule has 1 aromatic heterocycles. The molecule has 0 atom stereocenters. The van der Waals surface area contributed by atoms with Crippen molar-refractivity contribution >= 4 is 23.4 Å². The van der Waals surface area contributed by atoms with E-state index < -0.39 is 0 Å². The van der Waals surface area contributed by atoms with Crippen LogP contribution in [0, 0.1) is 0 Å². The number of ether oxygens (including phenoxy) is 2. The van der Waals surface area contributed by atoms with Gasteiger partial charge in [-0.1, -0.05) is 30.0 Å². The Balaban J connectivity index is 1.63. The Kier molecular flexibility index (Phi) is 5.69. The van der Waals surface area contributed by atoms with Crippen molar-refractivity contribution in [1.82, 2.24) is 20.2 Å². The van der Waals surface area contributed by atoms with Crippen LogP contribution in [-0.2, 0) is 4.79 Å². The van der Waals surface area contributed by atoms with Gasteiger partial charge in [0.15, 0.2) is 11.5 Å². The molecule has 3 rings (SSSR count). The summed E-state index contributed by atoms with van der Waals surface area (Å²) < 4.78 is 12.0. The Bertz CT molecular complexity index is 885. The fourth-order valence-electron chi connectivity index (χ4n) is 2.24. The molecule has 8 nitrogen and oxygen atoms in total. The number of amides is 1. The molecule has 0 aliphatic rings. The van der Waals surface area contributed by atoms with Gasteiger partial charge in [0.1, 0.15) is 0 Å². The Morgan fingerprint density at radius 2 is 1.88 bits per heavy atom. The molecule has 2 aromatic carbocycles. The van der Waals surface area contributed by atoms with Crippen LogP contribution in [0.5, 0.6) is 11.5 Å². The maximum Gasteiger partial charge on any atom is 0.234 e. The summed E-state index contributed by atoms with van der Waals surface area (Å²) in [6, 6.07) is 14.7. The fraction of sp³-hybridized carbons (Fsp3) is 0.176. The third-order valence-corrected chi connectivity index (χ3v) is 4.36. The van der Waals surface area contributed by atoms with Crippen molar-refractivity contribution < 1.29 is 14.3 Å². The molecule has 3 aromatic rings. The second kappa shape index (κ2) is 8.34. The highest BCUT2D eigenvalue weighted by Gasteiger charge is 2.12. The van der Waals surface area contributed by atoms with Crippen LogP contribution in [0.15, 0.2) is 53.7 Å². The maximum atomic E-state index is 12.2. The van der Waals surface area contributed by atoms with E-state index in [1.807, 2.05) is 30.3 Å². The summed E-state index contributed by atoms with van der Waals surface area (Å²) in [6.45, 7) is 0. The lowest BCUT2D eigenvalue weighted by molar-refractivity contribution is -0.113. The molecule has 9 heteroatoms. The van der Waals surface area contributed by atoms with Gasteiger partial charge in [-0.15, -0.1) is 5.10 Å². The number of methoxy groups -OCH3 is 2. The highest BCUT2D eigenvalue weighted by atomic mass is 32.2. The number of nitrogens with zero attached hydrogens (tertiary/aromatic N) is 4. The van der Waals surface area contributed by atoms with Gasteiger partial charge < -0.3 is 14.8 Å². The van der Waals surface area contributed by atoms with Gasteiger partial charge in [0, 0.05) is 11.8 Å². The van der Waals surface area contributed by atoms with Gasteiger partial charge in [-0.25, -0.2) is 0 Å². The first-order valence-electron chi connectivity index (χ1n) is 7.69.